The number of nitrogens with zero attached hydrogens (tertiary/aromatic N) is 3. The molecule has 0 radical (unpaired) electrons. The fraction of sp³-hybridized carbons (Fsp3) is 0.368. The lowest BCUT2D eigenvalue weighted by atomic mass is 10.3. The van der Waals surface area contributed by atoms with Gasteiger partial charge in [0.1, 0.15) is 23.5 Å². The van der Waals surface area contributed by atoms with Crippen LogP contribution in [0.4, 0.5) is 10.2 Å². The zero-order chi connectivity index (χ0) is 18.9. The van der Waals surface area contributed by atoms with Crippen molar-refractivity contribution in [3.05, 3.63) is 54.0 Å². The topological polar surface area (TPSA) is 61.8 Å². The highest BCUT2D eigenvalue weighted by molar-refractivity contribution is 14.0. The Hall–Kier alpha value is -2.10. The third kappa shape index (κ3) is 7.98. The minimum absolute atomic E-state index is 0. The van der Waals surface area contributed by atoms with Gasteiger partial charge in [0.05, 0.1) is 18.8 Å². The van der Waals surface area contributed by atoms with Crippen molar-refractivity contribution < 1.29 is 9.13 Å². The van der Waals surface area contributed by atoms with E-state index < -0.39 is 0 Å². The number of pyridine rings is 1. The molecule has 0 saturated carbocycles. The van der Waals surface area contributed by atoms with Crippen LogP contribution in [0.15, 0.2) is 47.5 Å². The number of benzene rings is 1. The van der Waals surface area contributed by atoms with Crippen molar-refractivity contribution in [1.82, 2.24) is 15.6 Å². The largest absolute Gasteiger partial charge is 0.489 e. The number of aliphatic imine (C=N–C) groups is 1. The van der Waals surface area contributed by atoms with Crippen molar-refractivity contribution in [3.8, 4) is 5.75 Å². The van der Waals surface area contributed by atoms with Crippen molar-refractivity contribution in [3.63, 3.8) is 0 Å². The summed E-state index contributed by atoms with van der Waals surface area (Å²) in [6.45, 7) is 3.00. The van der Waals surface area contributed by atoms with Gasteiger partial charge in [-0.1, -0.05) is 12.1 Å². The molecular weight excluding hydrogens is 460 g/mol. The summed E-state index contributed by atoms with van der Waals surface area (Å²) in [6, 6.07) is 12.0. The number of nitrogens with one attached hydrogen (secondary N) is 2. The zero-order valence-corrected chi connectivity index (χ0v) is 18.4. The lowest BCUT2D eigenvalue weighted by Crippen LogP contribution is -2.41. The first-order chi connectivity index (χ1) is 12.5. The summed E-state index contributed by atoms with van der Waals surface area (Å²) >= 11 is 0. The van der Waals surface area contributed by atoms with E-state index >= 15 is 0 Å². The SMILES string of the molecule is CN=C(NCc1cccc(N(C)C)n1)NCC(C)Oc1cccc(F)c1.I. The first kappa shape index (κ1) is 22.9. The lowest BCUT2D eigenvalue weighted by Gasteiger charge is -2.18. The molecule has 0 amide bonds. The molecule has 2 aromatic rings. The Morgan fingerprint density at radius 2 is 1.96 bits per heavy atom. The van der Waals surface area contributed by atoms with Crippen molar-refractivity contribution >= 4 is 35.8 Å². The predicted octanol–water partition coefficient (Wildman–Crippen LogP) is 3.04. The number of rotatable bonds is 7. The molecular formula is C19H27FIN5O. The molecule has 0 fully saturated rings. The number of guanidine groups is 1. The summed E-state index contributed by atoms with van der Waals surface area (Å²) in [4.78, 5) is 10.7. The van der Waals surface area contributed by atoms with Crippen molar-refractivity contribution in [2.45, 2.75) is 19.6 Å². The predicted molar refractivity (Wildman–Crippen MR) is 119 cm³/mol. The molecule has 0 bridgehead atoms. The van der Waals surface area contributed by atoms with E-state index in [-0.39, 0.29) is 35.9 Å². The van der Waals surface area contributed by atoms with Crippen LogP contribution in [0.1, 0.15) is 12.6 Å². The Morgan fingerprint density at radius 3 is 2.63 bits per heavy atom. The van der Waals surface area contributed by atoms with Crippen LogP contribution in [0, 0.1) is 5.82 Å². The van der Waals surface area contributed by atoms with Gasteiger partial charge >= 0.3 is 0 Å². The molecule has 2 N–H and O–H groups in total. The van der Waals surface area contributed by atoms with E-state index in [2.05, 4.69) is 20.6 Å². The maximum atomic E-state index is 13.2. The molecule has 1 aromatic heterocycles. The van der Waals surface area contributed by atoms with Crippen LogP contribution in [0.3, 0.4) is 0 Å². The molecule has 6 nitrogen and oxygen atoms in total. The van der Waals surface area contributed by atoms with Crippen LogP contribution in [0.2, 0.25) is 0 Å². The molecule has 8 heteroatoms. The van der Waals surface area contributed by atoms with Crippen LogP contribution >= 0.6 is 24.0 Å². The number of aromatic nitrogens is 1. The third-order valence-electron chi connectivity index (χ3n) is 3.60. The van der Waals surface area contributed by atoms with Gasteiger partial charge in [-0.05, 0) is 31.2 Å². The second-order valence-electron chi connectivity index (χ2n) is 6.07. The lowest BCUT2D eigenvalue weighted by molar-refractivity contribution is 0.223. The van der Waals surface area contributed by atoms with Gasteiger partial charge in [0.2, 0.25) is 0 Å². The van der Waals surface area contributed by atoms with E-state index in [0.29, 0.717) is 24.8 Å². The molecule has 0 aliphatic heterocycles. The van der Waals surface area contributed by atoms with E-state index in [0.717, 1.165) is 11.5 Å². The van der Waals surface area contributed by atoms with Crippen molar-refractivity contribution in [2.24, 2.45) is 4.99 Å². The monoisotopic (exact) mass is 487 g/mol. The molecule has 2 rings (SSSR count). The fourth-order valence-electron chi connectivity index (χ4n) is 2.26. The molecule has 148 valence electrons. The number of halogens is 2. The summed E-state index contributed by atoms with van der Waals surface area (Å²) in [5.41, 5.74) is 0.920. The van der Waals surface area contributed by atoms with Gasteiger partial charge in [0.15, 0.2) is 5.96 Å². The molecule has 1 atom stereocenters. The van der Waals surface area contributed by atoms with Crippen LogP contribution in [-0.4, -0.2) is 44.7 Å². The third-order valence-corrected chi connectivity index (χ3v) is 3.60. The maximum Gasteiger partial charge on any atom is 0.191 e. The minimum Gasteiger partial charge on any atom is -0.489 e. The first-order valence-electron chi connectivity index (χ1n) is 8.48. The second-order valence-corrected chi connectivity index (χ2v) is 6.07. The Kier molecular flexibility index (Phi) is 9.84. The Morgan fingerprint density at radius 1 is 1.22 bits per heavy atom. The van der Waals surface area contributed by atoms with Crippen LogP contribution in [-0.2, 0) is 6.54 Å². The quantitative estimate of drug-likeness (QED) is 0.357. The molecule has 27 heavy (non-hydrogen) atoms. The smallest absolute Gasteiger partial charge is 0.191 e. The summed E-state index contributed by atoms with van der Waals surface area (Å²) in [5, 5.41) is 6.42. The summed E-state index contributed by atoms with van der Waals surface area (Å²) in [7, 11) is 5.62. The van der Waals surface area contributed by atoms with Crippen LogP contribution < -0.4 is 20.3 Å². The number of anilines is 1. The Balaban J connectivity index is 0.00000364. The van der Waals surface area contributed by atoms with E-state index in [1.54, 1.807) is 19.2 Å². The molecule has 0 spiro atoms. The highest BCUT2D eigenvalue weighted by Gasteiger charge is 2.07. The van der Waals surface area contributed by atoms with E-state index in [9.17, 15) is 4.39 Å². The standard InChI is InChI=1S/C19H26FN5O.HI/c1-14(26-17-9-5-7-15(20)11-17)12-22-19(21-2)23-13-16-8-6-10-18(24-16)25(3)4;/h5-11,14H,12-13H2,1-4H3,(H2,21,22,23);1H. The van der Waals surface area contributed by atoms with Gasteiger partial charge in [-0.3, -0.25) is 4.99 Å². The average Bonchev–Trinajstić information content (AvgIpc) is 2.62. The van der Waals surface area contributed by atoms with Crippen molar-refractivity contribution in [1.29, 1.82) is 0 Å². The average molecular weight is 487 g/mol. The molecule has 0 saturated heterocycles. The minimum atomic E-state index is -0.312. The second kappa shape index (κ2) is 11.6. The van der Waals surface area contributed by atoms with Gasteiger partial charge in [-0.25, -0.2) is 9.37 Å². The maximum absolute atomic E-state index is 13.2. The fourth-order valence-corrected chi connectivity index (χ4v) is 2.26. The summed E-state index contributed by atoms with van der Waals surface area (Å²) < 4.78 is 18.9. The number of hydrogen-bond acceptors (Lipinski definition) is 4. The zero-order valence-electron chi connectivity index (χ0n) is 16.1. The van der Waals surface area contributed by atoms with Crippen LogP contribution in [0.5, 0.6) is 5.75 Å². The highest BCUT2D eigenvalue weighted by Crippen LogP contribution is 2.13. The van der Waals surface area contributed by atoms with E-state index in [4.69, 9.17) is 4.74 Å². The van der Waals surface area contributed by atoms with Gasteiger partial charge in [-0.15, -0.1) is 24.0 Å². The molecule has 0 aliphatic rings. The van der Waals surface area contributed by atoms with Crippen LogP contribution in [0.25, 0.3) is 0 Å². The number of hydrogen-bond donors (Lipinski definition) is 2. The van der Waals surface area contributed by atoms with Gasteiger partial charge < -0.3 is 20.3 Å². The van der Waals surface area contributed by atoms with Gasteiger partial charge in [-0.2, -0.15) is 0 Å². The van der Waals surface area contributed by atoms with E-state index in [1.165, 1.54) is 12.1 Å². The van der Waals surface area contributed by atoms with Crippen molar-refractivity contribution in [2.75, 3.05) is 32.6 Å². The first-order valence-corrected chi connectivity index (χ1v) is 8.48. The van der Waals surface area contributed by atoms with E-state index in [1.807, 2.05) is 44.1 Å². The number of ether oxygens (including phenoxy) is 1. The summed E-state index contributed by atoms with van der Waals surface area (Å²) in [5.74, 6) is 1.75. The molecule has 1 heterocycles. The molecule has 0 aliphatic carbocycles. The van der Waals surface area contributed by atoms with Gasteiger partial charge in [0, 0.05) is 27.2 Å². The highest BCUT2D eigenvalue weighted by atomic mass is 127. The van der Waals surface area contributed by atoms with Gasteiger partial charge in [0.25, 0.3) is 0 Å². The molecule has 1 aromatic carbocycles. The normalized spacial score (nSPS) is 12.0. The summed E-state index contributed by atoms with van der Waals surface area (Å²) in [6.07, 6.45) is -0.148. The Labute approximate surface area is 177 Å². The molecule has 1 unspecified atom stereocenters. The Bertz CT molecular complexity index is 742.